The third-order valence-electron chi connectivity index (χ3n) is 8.62. The third kappa shape index (κ3) is 3.30. The maximum atomic E-state index is 14.7. The summed E-state index contributed by atoms with van der Waals surface area (Å²) in [4.78, 5) is 45.9. The number of rotatable bonds is 3. The van der Waals surface area contributed by atoms with E-state index < -0.39 is 23.4 Å². The second-order valence-corrected chi connectivity index (χ2v) is 11.5. The third-order valence-corrected chi connectivity index (χ3v) is 9.18. The minimum atomic E-state index is -1.60. The van der Waals surface area contributed by atoms with E-state index in [2.05, 4.69) is 0 Å². The summed E-state index contributed by atoms with van der Waals surface area (Å²) >= 11 is 13.2. The van der Waals surface area contributed by atoms with Crippen molar-refractivity contribution in [3.63, 3.8) is 0 Å². The molecule has 196 valence electrons. The number of carbonyl (C=O) groups is 3. The van der Waals surface area contributed by atoms with Crippen molar-refractivity contribution in [1.29, 1.82) is 0 Å². The lowest BCUT2D eigenvalue weighted by molar-refractivity contribution is 0.0666. The number of Topliss-reactive ketones (excluding diaryl/α,β-unsaturated/α-hetero) is 3. The van der Waals surface area contributed by atoms with Crippen LogP contribution in [0.4, 0.5) is 5.69 Å². The number of halogens is 2. The molecule has 3 atom stereocenters. The van der Waals surface area contributed by atoms with Crippen molar-refractivity contribution in [2.75, 3.05) is 4.90 Å². The van der Waals surface area contributed by atoms with Crippen LogP contribution in [0.2, 0.25) is 10.0 Å². The van der Waals surface area contributed by atoms with Crippen LogP contribution >= 0.6 is 23.2 Å². The van der Waals surface area contributed by atoms with Crippen molar-refractivity contribution < 1.29 is 14.4 Å². The Hall–Kier alpha value is -3.99. The van der Waals surface area contributed by atoms with Crippen LogP contribution in [0.15, 0.2) is 97.1 Å². The van der Waals surface area contributed by atoms with Gasteiger partial charge < -0.3 is 4.90 Å². The summed E-state index contributed by atoms with van der Waals surface area (Å²) < 4.78 is 0. The first-order chi connectivity index (χ1) is 19.3. The highest BCUT2D eigenvalue weighted by atomic mass is 35.5. The lowest BCUT2D eigenvalue weighted by Crippen LogP contribution is -2.48. The van der Waals surface area contributed by atoms with E-state index in [9.17, 15) is 14.4 Å². The van der Waals surface area contributed by atoms with E-state index in [-0.39, 0.29) is 17.3 Å². The van der Waals surface area contributed by atoms with Crippen LogP contribution in [0, 0.1) is 12.3 Å². The molecule has 1 fully saturated rings. The zero-order valence-corrected chi connectivity index (χ0v) is 23.0. The number of fused-ring (bicyclic) bond motifs is 5. The van der Waals surface area contributed by atoms with Gasteiger partial charge in [-0.15, -0.1) is 0 Å². The van der Waals surface area contributed by atoms with Gasteiger partial charge in [0.05, 0.1) is 6.04 Å². The van der Waals surface area contributed by atoms with E-state index in [0.29, 0.717) is 32.3 Å². The molecule has 7 rings (SSSR count). The van der Waals surface area contributed by atoms with E-state index in [1.54, 1.807) is 54.6 Å². The Morgan fingerprint density at radius 1 is 0.825 bits per heavy atom. The Labute approximate surface area is 241 Å². The van der Waals surface area contributed by atoms with E-state index >= 15 is 0 Å². The fraction of sp³-hybridized carbons (Fsp3) is 0.147. The van der Waals surface area contributed by atoms with Crippen molar-refractivity contribution in [2.24, 2.45) is 5.41 Å². The molecule has 6 heteroatoms. The molecule has 4 aromatic carbocycles. The van der Waals surface area contributed by atoms with Gasteiger partial charge in [0.1, 0.15) is 11.5 Å². The number of carbonyl (C=O) groups excluding carboxylic acids is 3. The fourth-order valence-electron chi connectivity index (χ4n) is 6.90. The van der Waals surface area contributed by atoms with Crippen LogP contribution in [0.5, 0.6) is 0 Å². The molecule has 1 saturated heterocycles. The molecule has 0 amide bonds. The molecule has 2 heterocycles. The van der Waals surface area contributed by atoms with Crippen LogP contribution in [0.25, 0.3) is 6.08 Å². The SMILES string of the molecule is Cc1ccc(C(=O)[C@@H]2[C@H](c3ccc(Cl)cc3Cl)C3(C(=O)c4ccccc4C3=O)[C@H]3C=Cc4ccccc4N23)cc1. The maximum Gasteiger partial charge on any atom is 0.185 e. The van der Waals surface area contributed by atoms with Gasteiger partial charge in [-0.05, 0) is 36.2 Å². The normalized spacial score (nSPS) is 21.9. The minimum absolute atomic E-state index is 0.181. The Kier molecular flexibility index (Phi) is 5.64. The van der Waals surface area contributed by atoms with Crippen molar-refractivity contribution in [3.8, 4) is 0 Å². The number of nitrogens with zero attached hydrogens (tertiary/aromatic N) is 1. The first-order valence-electron chi connectivity index (χ1n) is 13.1. The summed E-state index contributed by atoms with van der Waals surface area (Å²) in [7, 11) is 0. The average molecular weight is 564 g/mol. The lowest BCUT2D eigenvalue weighted by atomic mass is 9.64. The zero-order valence-electron chi connectivity index (χ0n) is 21.5. The highest BCUT2D eigenvalue weighted by Gasteiger charge is 2.71. The summed E-state index contributed by atoms with van der Waals surface area (Å²) in [5.41, 5.74) is 2.93. The predicted molar refractivity (Wildman–Crippen MR) is 158 cm³/mol. The van der Waals surface area contributed by atoms with E-state index in [4.69, 9.17) is 23.2 Å². The Morgan fingerprint density at radius 3 is 2.15 bits per heavy atom. The molecule has 4 nitrogen and oxygen atoms in total. The number of hydrogen-bond acceptors (Lipinski definition) is 4. The summed E-state index contributed by atoms with van der Waals surface area (Å²) in [5.74, 6) is -1.64. The molecule has 1 aliphatic carbocycles. The Morgan fingerprint density at radius 2 is 1.48 bits per heavy atom. The monoisotopic (exact) mass is 563 g/mol. The quantitative estimate of drug-likeness (QED) is 0.190. The molecular weight excluding hydrogens is 541 g/mol. The summed E-state index contributed by atoms with van der Waals surface area (Å²) in [5, 5.41) is 0.741. The Bertz CT molecular complexity index is 1740. The highest BCUT2D eigenvalue weighted by Crippen LogP contribution is 2.61. The van der Waals surface area contributed by atoms with E-state index in [1.807, 2.05) is 60.4 Å². The molecule has 0 saturated carbocycles. The van der Waals surface area contributed by atoms with Crippen LogP contribution in [-0.2, 0) is 0 Å². The molecule has 0 bridgehead atoms. The minimum Gasteiger partial charge on any atom is -0.352 e. The highest BCUT2D eigenvalue weighted by molar-refractivity contribution is 6.36. The van der Waals surface area contributed by atoms with Gasteiger partial charge in [0.2, 0.25) is 0 Å². The van der Waals surface area contributed by atoms with Crippen molar-refractivity contribution in [2.45, 2.75) is 24.9 Å². The second-order valence-electron chi connectivity index (χ2n) is 10.7. The van der Waals surface area contributed by atoms with Gasteiger partial charge in [-0.3, -0.25) is 14.4 Å². The smallest absolute Gasteiger partial charge is 0.185 e. The standard InChI is InChI=1S/C34H23Cl2NO3/c1-19-10-12-21(13-11-19)31(38)30-29(25-16-15-22(35)18-26(25)36)34(32(39)23-7-3-4-8-24(23)33(34)40)28-17-14-20-6-2-5-9-27(20)37(28)30/h2-18,28-30H,1H3/t28-,29+,30+/m1/s1. The van der Waals surface area contributed by atoms with Gasteiger partial charge in [-0.1, -0.05) is 114 Å². The molecule has 1 spiro atoms. The number of ketones is 3. The molecular formula is C34H23Cl2NO3. The number of aryl methyl sites for hydroxylation is 1. The van der Waals surface area contributed by atoms with E-state index in [1.165, 1.54) is 0 Å². The zero-order chi connectivity index (χ0) is 27.8. The molecule has 0 unspecified atom stereocenters. The van der Waals surface area contributed by atoms with E-state index in [0.717, 1.165) is 16.8 Å². The second kappa shape index (κ2) is 9.02. The van der Waals surface area contributed by atoms with Gasteiger partial charge in [0, 0.05) is 38.3 Å². The number of para-hydroxylation sites is 1. The van der Waals surface area contributed by atoms with Gasteiger partial charge in [-0.2, -0.15) is 0 Å². The number of benzene rings is 4. The van der Waals surface area contributed by atoms with Crippen molar-refractivity contribution in [1.82, 2.24) is 0 Å². The van der Waals surface area contributed by atoms with Gasteiger partial charge in [-0.25, -0.2) is 0 Å². The van der Waals surface area contributed by atoms with Crippen LogP contribution in [-0.4, -0.2) is 29.4 Å². The molecule has 4 aromatic rings. The molecule has 0 aromatic heterocycles. The summed E-state index contributed by atoms with van der Waals surface area (Å²) in [6.07, 6.45) is 3.85. The fourth-order valence-corrected chi connectivity index (χ4v) is 7.43. The van der Waals surface area contributed by atoms with Crippen molar-refractivity contribution in [3.05, 3.63) is 140 Å². The van der Waals surface area contributed by atoms with Gasteiger partial charge in [0.15, 0.2) is 17.3 Å². The summed E-state index contributed by atoms with van der Waals surface area (Å²) in [6, 6.07) is 25.5. The van der Waals surface area contributed by atoms with Crippen molar-refractivity contribution >= 4 is 52.3 Å². The molecule has 3 aliphatic rings. The van der Waals surface area contributed by atoms with Crippen LogP contribution in [0.1, 0.15) is 53.7 Å². The first kappa shape index (κ1) is 25.0. The summed E-state index contributed by atoms with van der Waals surface area (Å²) in [6.45, 7) is 1.96. The topological polar surface area (TPSA) is 54.5 Å². The molecule has 40 heavy (non-hydrogen) atoms. The number of hydrogen-bond donors (Lipinski definition) is 0. The van der Waals surface area contributed by atoms with Crippen LogP contribution in [0.3, 0.4) is 0 Å². The lowest BCUT2D eigenvalue weighted by Gasteiger charge is -2.37. The largest absolute Gasteiger partial charge is 0.352 e. The van der Waals surface area contributed by atoms with Gasteiger partial charge >= 0.3 is 0 Å². The van der Waals surface area contributed by atoms with Crippen LogP contribution < -0.4 is 4.90 Å². The average Bonchev–Trinajstić information content (AvgIpc) is 3.39. The molecule has 0 radical (unpaired) electrons. The molecule has 0 N–H and O–H groups in total. The first-order valence-corrected chi connectivity index (χ1v) is 13.9. The molecule has 2 aliphatic heterocycles. The maximum absolute atomic E-state index is 14.7. The number of anilines is 1. The van der Waals surface area contributed by atoms with Gasteiger partial charge in [0.25, 0.3) is 0 Å². The predicted octanol–water partition coefficient (Wildman–Crippen LogP) is 7.62. The Balaban J connectivity index is 1.56.